The van der Waals surface area contributed by atoms with E-state index in [2.05, 4.69) is 23.5 Å². The van der Waals surface area contributed by atoms with Crippen molar-refractivity contribution >= 4 is 0 Å². The SMILES string of the molecule is COc1ccc2c(c1)CC(NCC1(CCO)CC1)CC2. The van der Waals surface area contributed by atoms with Gasteiger partial charge in [0.2, 0.25) is 0 Å². The molecule has 0 heterocycles. The first-order valence-corrected chi connectivity index (χ1v) is 7.75. The number of methoxy groups -OCH3 is 1. The Labute approximate surface area is 121 Å². The molecular formula is C17H25NO2. The van der Waals surface area contributed by atoms with E-state index >= 15 is 0 Å². The van der Waals surface area contributed by atoms with E-state index in [4.69, 9.17) is 9.84 Å². The van der Waals surface area contributed by atoms with E-state index in [-0.39, 0.29) is 0 Å². The van der Waals surface area contributed by atoms with Crippen molar-refractivity contribution in [2.24, 2.45) is 5.41 Å². The van der Waals surface area contributed by atoms with Crippen LogP contribution in [0, 0.1) is 5.41 Å². The molecule has 20 heavy (non-hydrogen) atoms. The predicted molar refractivity (Wildman–Crippen MR) is 80.2 cm³/mol. The maximum absolute atomic E-state index is 9.13. The highest BCUT2D eigenvalue weighted by molar-refractivity contribution is 5.37. The van der Waals surface area contributed by atoms with Crippen LogP contribution < -0.4 is 10.1 Å². The van der Waals surface area contributed by atoms with Crippen molar-refractivity contribution < 1.29 is 9.84 Å². The molecule has 1 aromatic rings. The molecule has 0 radical (unpaired) electrons. The minimum absolute atomic E-state index is 0.326. The molecule has 3 rings (SSSR count). The molecule has 1 atom stereocenters. The van der Waals surface area contributed by atoms with Gasteiger partial charge in [0.15, 0.2) is 0 Å². The van der Waals surface area contributed by atoms with Crippen LogP contribution >= 0.6 is 0 Å². The summed E-state index contributed by atoms with van der Waals surface area (Å²) in [6.45, 7) is 1.39. The van der Waals surface area contributed by atoms with Crippen molar-refractivity contribution in [2.75, 3.05) is 20.3 Å². The van der Waals surface area contributed by atoms with Gasteiger partial charge < -0.3 is 15.2 Å². The maximum atomic E-state index is 9.13. The van der Waals surface area contributed by atoms with Crippen LogP contribution in [0.15, 0.2) is 18.2 Å². The summed E-state index contributed by atoms with van der Waals surface area (Å²) in [4.78, 5) is 0. The summed E-state index contributed by atoms with van der Waals surface area (Å²) in [6, 6.07) is 7.03. The van der Waals surface area contributed by atoms with Crippen LogP contribution in [0.5, 0.6) is 5.75 Å². The molecule has 0 spiro atoms. The predicted octanol–water partition coefficient (Wildman–Crippen LogP) is 2.30. The summed E-state index contributed by atoms with van der Waals surface area (Å²) < 4.78 is 5.32. The molecule has 0 bridgehead atoms. The fourth-order valence-electron chi connectivity index (χ4n) is 3.32. The van der Waals surface area contributed by atoms with Gasteiger partial charge in [0.25, 0.3) is 0 Å². The molecular weight excluding hydrogens is 250 g/mol. The molecule has 0 saturated heterocycles. The first kappa shape index (κ1) is 13.9. The topological polar surface area (TPSA) is 41.5 Å². The number of aliphatic hydroxyl groups is 1. The van der Waals surface area contributed by atoms with E-state index in [0.717, 1.165) is 31.6 Å². The van der Waals surface area contributed by atoms with Crippen LogP contribution in [0.3, 0.4) is 0 Å². The van der Waals surface area contributed by atoms with Crippen LogP contribution in [0.1, 0.15) is 36.8 Å². The van der Waals surface area contributed by atoms with Crippen LogP contribution in [0.2, 0.25) is 0 Å². The van der Waals surface area contributed by atoms with Gasteiger partial charge in [0.1, 0.15) is 5.75 Å². The third-order valence-electron chi connectivity index (χ3n) is 5.01. The van der Waals surface area contributed by atoms with E-state index in [1.54, 1.807) is 7.11 Å². The van der Waals surface area contributed by atoms with Crippen molar-refractivity contribution in [3.05, 3.63) is 29.3 Å². The average molecular weight is 275 g/mol. The molecule has 3 heteroatoms. The minimum Gasteiger partial charge on any atom is -0.497 e. The molecule has 1 unspecified atom stereocenters. The third kappa shape index (κ3) is 2.99. The van der Waals surface area contributed by atoms with Crippen LogP contribution in [-0.4, -0.2) is 31.4 Å². The Balaban J connectivity index is 1.58. The summed E-state index contributed by atoms with van der Waals surface area (Å²) in [7, 11) is 1.73. The van der Waals surface area contributed by atoms with Gasteiger partial charge in [0.05, 0.1) is 7.11 Å². The molecule has 2 aliphatic rings. The van der Waals surface area contributed by atoms with E-state index < -0.39 is 0 Å². The first-order chi connectivity index (χ1) is 9.74. The zero-order valence-corrected chi connectivity index (χ0v) is 12.3. The fraction of sp³-hybridized carbons (Fsp3) is 0.647. The Bertz CT molecular complexity index is 468. The van der Waals surface area contributed by atoms with Gasteiger partial charge in [-0.3, -0.25) is 0 Å². The Kier molecular flexibility index (Phi) is 3.99. The summed E-state index contributed by atoms with van der Waals surface area (Å²) in [5, 5.41) is 12.9. The average Bonchev–Trinajstić information content (AvgIpc) is 3.25. The molecule has 1 aromatic carbocycles. The fourth-order valence-corrected chi connectivity index (χ4v) is 3.32. The van der Waals surface area contributed by atoms with Gasteiger partial charge in [0, 0.05) is 19.2 Å². The van der Waals surface area contributed by atoms with Crippen molar-refractivity contribution in [3.8, 4) is 5.75 Å². The summed E-state index contributed by atoms with van der Waals surface area (Å²) in [5.41, 5.74) is 3.31. The lowest BCUT2D eigenvalue weighted by molar-refractivity contribution is 0.240. The molecule has 2 aliphatic carbocycles. The molecule has 0 amide bonds. The summed E-state index contributed by atoms with van der Waals surface area (Å²) in [6.07, 6.45) is 6.98. The Morgan fingerprint density at radius 2 is 2.20 bits per heavy atom. The second-order valence-corrected chi connectivity index (χ2v) is 6.43. The van der Waals surface area contributed by atoms with Gasteiger partial charge in [-0.05, 0) is 67.2 Å². The number of ether oxygens (including phenoxy) is 1. The maximum Gasteiger partial charge on any atom is 0.119 e. The van der Waals surface area contributed by atoms with Crippen molar-refractivity contribution in [2.45, 2.75) is 44.6 Å². The lowest BCUT2D eigenvalue weighted by atomic mass is 9.87. The highest BCUT2D eigenvalue weighted by Crippen LogP contribution is 2.48. The van der Waals surface area contributed by atoms with Crippen LogP contribution in [0.25, 0.3) is 0 Å². The molecule has 1 fully saturated rings. The Morgan fingerprint density at radius 1 is 1.35 bits per heavy atom. The number of aryl methyl sites for hydroxylation is 1. The third-order valence-corrected chi connectivity index (χ3v) is 5.01. The number of aliphatic hydroxyl groups excluding tert-OH is 1. The normalized spacial score (nSPS) is 23.2. The molecule has 0 aliphatic heterocycles. The standard InChI is InChI=1S/C17H25NO2/c1-20-16-5-3-13-2-4-15(10-14(13)11-16)18-12-17(6-7-17)8-9-19/h3,5,11,15,18-19H,2,4,6-10,12H2,1H3. The van der Waals surface area contributed by atoms with E-state index in [1.165, 1.54) is 30.4 Å². The largest absolute Gasteiger partial charge is 0.497 e. The Hall–Kier alpha value is -1.06. The first-order valence-electron chi connectivity index (χ1n) is 7.75. The Morgan fingerprint density at radius 3 is 2.90 bits per heavy atom. The van der Waals surface area contributed by atoms with Gasteiger partial charge in [-0.15, -0.1) is 0 Å². The number of rotatable bonds is 6. The smallest absolute Gasteiger partial charge is 0.119 e. The second-order valence-electron chi connectivity index (χ2n) is 6.43. The van der Waals surface area contributed by atoms with Gasteiger partial charge >= 0.3 is 0 Å². The molecule has 3 nitrogen and oxygen atoms in total. The van der Waals surface area contributed by atoms with Gasteiger partial charge in [-0.2, -0.15) is 0 Å². The molecule has 2 N–H and O–H groups in total. The summed E-state index contributed by atoms with van der Waals surface area (Å²) in [5.74, 6) is 0.961. The zero-order valence-electron chi connectivity index (χ0n) is 12.3. The zero-order chi connectivity index (χ0) is 14.0. The van der Waals surface area contributed by atoms with E-state index in [1.807, 2.05) is 0 Å². The summed E-state index contributed by atoms with van der Waals surface area (Å²) >= 11 is 0. The number of hydrogen-bond donors (Lipinski definition) is 2. The van der Waals surface area contributed by atoms with Crippen molar-refractivity contribution in [1.29, 1.82) is 0 Å². The number of fused-ring (bicyclic) bond motifs is 1. The van der Waals surface area contributed by atoms with Crippen molar-refractivity contribution in [1.82, 2.24) is 5.32 Å². The highest BCUT2D eigenvalue weighted by Gasteiger charge is 2.41. The van der Waals surface area contributed by atoms with Gasteiger partial charge in [-0.25, -0.2) is 0 Å². The molecule has 110 valence electrons. The van der Waals surface area contributed by atoms with Crippen LogP contribution in [0.4, 0.5) is 0 Å². The minimum atomic E-state index is 0.326. The van der Waals surface area contributed by atoms with Crippen molar-refractivity contribution in [3.63, 3.8) is 0 Å². The lowest BCUT2D eigenvalue weighted by Gasteiger charge is -2.28. The van der Waals surface area contributed by atoms with E-state index in [0.29, 0.717) is 18.1 Å². The van der Waals surface area contributed by atoms with Crippen LogP contribution in [-0.2, 0) is 12.8 Å². The highest BCUT2D eigenvalue weighted by atomic mass is 16.5. The number of nitrogens with one attached hydrogen (secondary N) is 1. The number of benzene rings is 1. The second kappa shape index (κ2) is 5.74. The van der Waals surface area contributed by atoms with E-state index in [9.17, 15) is 0 Å². The number of hydrogen-bond acceptors (Lipinski definition) is 3. The monoisotopic (exact) mass is 275 g/mol. The molecule has 0 aromatic heterocycles. The molecule has 1 saturated carbocycles. The lowest BCUT2D eigenvalue weighted by Crippen LogP contribution is -2.38. The quantitative estimate of drug-likeness (QED) is 0.837. The van der Waals surface area contributed by atoms with Gasteiger partial charge in [-0.1, -0.05) is 6.07 Å².